The van der Waals surface area contributed by atoms with Crippen molar-refractivity contribution in [2.24, 2.45) is 0 Å². The van der Waals surface area contributed by atoms with E-state index in [9.17, 15) is 0 Å². The molecule has 7 heteroatoms. The summed E-state index contributed by atoms with van der Waals surface area (Å²) in [4.78, 5) is 17.8. The van der Waals surface area contributed by atoms with Crippen molar-refractivity contribution in [2.45, 2.75) is 25.7 Å². The minimum atomic E-state index is 0.481. The first-order valence-corrected chi connectivity index (χ1v) is 11.0. The van der Waals surface area contributed by atoms with Gasteiger partial charge in [0, 0.05) is 17.3 Å². The molecule has 4 aromatic rings. The van der Waals surface area contributed by atoms with Gasteiger partial charge in [0.1, 0.15) is 17.6 Å². The first-order chi connectivity index (χ1) is 16.3. The maximum Gasteiger partial charge on any atom is 0.227 e. The van der Waals surface area contributed by atoms with Gasteiger partial charge in [-0.25, -0.2) is 19.9 Å². The van der Waals surface area contributed by atoms with Gasteiger partial charge in [0.15, 0.2) is 0 Å². The summed E-state index contributed by atoms with van der Waals surface area (Å²) in [6.07, 6.45) is 10.7. The van der Waals surface area contributed by atoms with E-state index in [1.54, 1.807) is 6.20 Å². The highest BCUT2D eigenvalue weighted by molar-refractivity contribution is 5.88. The number of benzene rings is 2. The van der Waals surface area contributed by atoms with Crippen LogP contribution in [0.4, 0.5) is 11.6 Å². The van der Waals surface area contributed by atoms with Crippen molar-refractivity contribution in [1.82, 2.24) is 19.9 Å². The molecule has 0 amide bonds. The third-order valence-electron chi connectivity index (χ3n) is 5.03. The first-order valence-electron chi connectivity index (χ1n) is 11.0. The molecule has 1 N–H and O–H groups in total. The summed E-state index contributed by atoms with van der Waals surface area (Å²) < 4.78 is 11.8. The van der Waals surface area contributed by atoms with E-state index in [2.05, 4.69) is 33.4 Å². The van der Waals surface area contributed by atoms with E-state index in [1.165, 1.54) is 6.33 Å². The van der Waals surface area contributed by atoms with Crippen LogP contribution in [0.25, 0.3) is 21.8 Å². The topological polar surface area (TPSA) is 82.1 Å². The number of hydrogen-bond acceptors (Lipinski definition) is 7. The molecule has 2 heterocycles. The van der Waals surface area contributed by atoms with Crippen LogP contribution in [0.15, 0.2) is 74.2 Å². The Labute approximate surface area is 193 Å². The van der Waals surface area contributed by atoms with Crippen molar-refractivity contribution in [3.8, 4) is 11.6 Å². The molecule has 0 radical (unpaired) electrons. The van der Waals surface area contributed by atoms with Crippen molar-refractivity contribution in [3.05, 3.63) is 74.2 Å². The Balaban J connectivity index is 1.56. The summed E-state index contributed by atoms with van der Waals surface area (Å²) in [5.74, 6) is 1.78. The first kappa shape index (κ1) is 22.2. The second-order valence-electron chi connectivity index (χ2n) is 7.48. The summed E-state index contributed by atoms with van der Waals surface area (Å²) in [6.45, 7) is 8.67. The number of para-hydroxylation sites is 1. The number of rotatable bonds is 12. The third-order valence-corrected chi connectivity index (χ3v) is 5.03. The van der Waals surface area contributed by atoms with Gasteiger partial charge < -0.3 is 14.8 Å². The van der Waals surface area contributed by atoms with Crippen molar-refractivity contribution in [2.75, 3.05) is 18.5 Å². The molecule has 0 bridgehead atoms. The summed E-state index contributed by atoms with van der Waals surface area (Å²) in [5, 5.41) is 5.03. The van der Waals surface area contributed by atoms with Crippen LogP contribution < -0.4 is 14.8 Å². The molecule has 0 aliphatic rings. The van der Waals surface area contributed by atoms with E-state index >= 15 is 0 Å². The Hall–Kier alpha value is -4.00. The summed E-state index contributed by atoms with van der Waals surface area (Å²) in [5.41, 5.74) is 2.39. The molecule has 0 saturated heterocycles. The van der Waals surface area contributed by atoms with Crippen LogP contribution >= 0.6 is 0 Å². The Kier molecular flexibility index (Phi) is 7.43. The number of anilines is 2. The van der Waals surface area contributed by atoms with Gasteiger partial charge in [-0.15, -0.1) is 13.2 Å². The molecule has 0 atom stereocenters. The molecule has 4 rings (SSSR count). The van der Waals surface area contributed by atoms with E-state index < -0.39 is 0 Å². The van der Waals surface area contributed by atoms with Crippen LogP contribution in [0.2, 0.25) is 0 Å². The number of allylic oxidation sites excluding steroid dienone is 2. The third kappa shape index (κ3) is 5.63. The summed E-state index contributed by atoms with van der Waals surface area (Å²) in [7, 11) is 0. The van der Waals surface area contributed by atoms with Gasteiger partial charge in [-0.2, -0.15) is 0 Å². The molecule has 0 saturated carbocycles. The lowest BCUT2D eigenvalue weighted by atomic mass is 10.2. The van der Waals surface area contributed by atoms with E-state index in [-0.39, 0.29) is 0 Å². The highest BCUT2D eigenvalue weighted by Crippen LogP contribution is 2.28. The molecule has 168 valence electrons. The zero-order valence-electron chi connectivity index (χ0n) is 18.5. The van der Waals surface area contributed by atoms with Crippen molar-refractivity contribution >= 4 is 33.4 Å². The van der Waals surface area contributed by atoms with Crippen LogP contribution in [0.1, 0.15) is 25.7 Å². The molecule has 7 nitrogen and oxygen atoms in total. The Morgan fingerprint density at radius 3 is 2.55 bits per heavy atom. The average Bonchev–Trinajstić information content (AvgIpc) is 2.85. The van der Waals surface area contributed by atoms with Crippen LogP contribution in [-0.4, -0.2) is 33.1 Å². The lowest BCUT2D eigenvalue weighted by molar-refractivity contribution is 0.304. The number of unbranched alkanes of at least 4 members (excludes halogenated alkanes) is 2. The summed E-state index contributed by atoms with van der Waals surface area (Å²) >= 11 is 0. The predicted octanol–water partition coefficient (Wildman–Crippen LogP) is 6.01. The molecule has 0 unspecified atom stereocenters. The molecule has 2 aromatic carbocycles. The SMILES string of the molecule is C=CCCCOc1ncnc2ccc(Nc3ncc4cccc(OCCCC=C)c4n3)cc12. The predicted molar refractivity (Wildman–Crippen MR) is 132 cm³/mol. The van der Waals surface area contributed by atoms with Gasteiger partial charge in [-0.3, -0.25) is 0 Å². The molecular formula is C26H27N5O2. The molecule has 0 aliphatic carbocycles. The smallest absolute Gasteiger partial charge is 0.227 e. The fraction of sp³-hybridized carbons (Fsp3) is 0.231. The monoisotopic (exact) mass is 441 g/mol. The number of nitrogens with zero attached hydrogens (tertiary/aromatic N) is 4. The fourth-order valence-corrected chi connectivity index (χ4v) is 3.37. The normalized spacial score (nSPS) is 10.8. The van der Waals surface area contributed by atoms with Gasteiger partial charge in [0.25, 0.3) is 0 Å². The molecule has 2 aromatic heterocycles. The van der Waals surface area contributed by atoms with Crippen LogP contribution in [-0.2, 0) is 0 Å². The van der Waals surface area contributed by atoms with Crippen molar-refractivity contribution < 1.29 is 9.47 Å². The molecule has 0 spiro atoms. The Morgan fingerprint density at radius 1 is 0.909 bits per heavy atom. The van der Waals surface area contributed by atoms with E-state index in [4.69, 9.17) is 14.5 Å². The van der Waals surface area contributed by atoms with E-state index in [1.807, 2.05) is 48.6 Å². The molecular weight excluding hydrogens is 414 g/mol. The minimum Gasteiger partial charge on any atom is -0.491 e. The minimum absolute atomic E-state index is 0.481. The number of ether oxygens (including phenoxy) is 2. The average molecular weight is 442 g/mol. The van der Waals surface area contributed by atoms with Gasteiger partial charge in [-0.05, 0) is 49.9 Å². The Bertz CT molecular complexity index is 1160. The van der Waals surface area contributed by atoms with E-state index in [0.717, 1.165) is 58.9 Å². The highest BCUT2D eigenvalue weighted by atomic mass is 16.5. The van der Waals surface area contributed by atoms with Crippen molar-refractivity contribution in [3.63, 3.8) is 0 Å². The van der Waals surface area contributed by atoms with Gasteiger partial charge >= 0.3 is 0 Å². The van der Waals surface area contributed by atoms with Crippen LogP contribution in [0.5, 0.6) is 11.6 Å². The lowest BCUT2D eigenvalue weighted by Gasteiger charge is -2.11. The quantitative estimate of drug-likeness (QED) is 0.213. The molecule has 0 fully saturated rings. The molecule has 0 aliphatic heterocycles. The van der Waals surface area contributed by atoms with Crippen molar-refractivity contribution in [1.29, 1.82) is 0 Å². The maximum atomic E-state index is 5.95. The van der Waals surface area contributed by atoms with Crippen LogP contribution in [0.3, 0.4) is 0 Å². The zero-order chi connectivity index (χ0) is 22.9. The van der Waals surface area contributed by atoms with Gasteiger partial charge in [-0.1, -0.05) is 24.3 Å². The zero-order valence-corrected chi connectivity index (χ0v) is 18.5. The Morgan fingerprint density at radius 2 is 1.73 bits per heavy atom. The maximum absolute atomic E-state index is 5.95. The largest absolute Gasteiger partial charge is 0.491 e. The number of nitrogens with one attached hydrogen (secondary N) is 1. The number of hydrogen-bond donors (Lipinski definition) is 1. The van der Waals surface area contributed by atoms with E-state index in [0.29, 0.717) is 25.0 Å². The van der Waals surface area contributed by atoms with Crippen LogP contribution in [0, 0.1) is 0 Å². The standard InChI is InChI=1S/C26H27N5O2/c1-3-5-7-14-32-23-11-9-10-19-17-27-26(31-24(19)23)30-20-12-13-22-21(16-20)25(29-18-28-22)33-15-8-6-4-2/h3-4,9-13,16-18H,1-2,5-8,14-15H2,(H,27,30,31). The molecule has 33 heavy (non-hydrogen) atoms. The number of aromatic nitrogens is 4. The second kappa shape index (κ2) is 11.0. The summed E-state index contributed by atoms with van der Waals surface area (Å²) in [6, 6.07) is 11.6. The number of fused-ring (bicyclic) bond motifs is 2. The lowest BCUT2D eigenvalue weighted by Crippen LogP contribution is -2.02. The fourth-order valence-electron chi connectivity index (χ4n) is 3.37. The second-order valence-corrected chi connectivity index (χ2v) is 7.48. The van der Waals surface area contributed by atoms with Gasteiger partial charge in [0.2, 0.25) is 11.8 Å². The highest BCUT2D eigenvalue weighted by Gasteiger charge is 2.09. The van der Waals surface area contributed by atoms with Gasteiger partial charge in [0.05, 0.1) is 24.1 Å².